The average molecular weight is 566 g/mol. The van der Waals surface area contributed by atoms with Gasteiger partial charge in [-0.25, -0.2) is 0 Å². The Bertz CT molecular complexity index is 1440. The first-order valence-electron chi connectivity index (χ1n) is 13.0. The first-order valence-corrected chi connectivity index (χ1v) is 14.5. The number of fused-ring (bicyclic) bond motifs is 1. The van der Waals surface area contributed by atoms with Gasteiger partial charge in [0.2, 0.25) is 0 Å². The molecule has 40 heavy (non-hydrogen) atoms. The smallest absolute Gasteiger partial charge is 0.303 e. The zero-order valence-electron chi connectivity index (χ0n) is 23.4. The second-order valence-corrected chi connectivity index (χ2v) is 11.3. The van der Waals surface area contributed by atoms with E-state index in [1.54, 1.807) is 19.1 Å². The van der Waals surface area contributed by atoms with Crippen LogP contribution < -0.4 is 0 Å². The van der Waals surface area contributed by atoms with Crippen LogP contribution in [0.15, 0.2) is 108 Å². The van der Waals surface area contributed by atoms with Crippen molar-refractivity contribution in [2.75, 3.05) is 20.6 Å². The van der Waals surface area contributed by atoms with Gasteiger partial charge >= 0.3 is 5.97 Å². The minimum absolute atomic E-state index is 0.0730. The van der Waals surface area contributed by atoms with E-state index in [0.29, 0.717) is 6.42 Å². The van der Waals surface area contributed by atoms with Crippen molar-refractivity contribution in [3.8, 4) is 0 Å². The van der Waals surface area contributed by atoms with E-state index in [2.05, 4.69) is 24.0 Å². The Labute approximate surface area is 237 Å². The summed E-state index contributed by atoms with van der Waals surface area (Å²) in [5.41, 5.74) is 1.30. The number of carboxylic acid groups (broad SMARTS) is 1. The molecule has 0 aliphatic heterocycles. The summed E-state index contributed by atoms with van der Waals surface area (Å²) in [7, 11) is -0.00216. The molecule has 2 atom stereocenters. The van der Waals surface area contributed by atoms with Crippen molar-refractivity contribution in [2.45, 2.75) is 37.2 Å². The second-order valence-electron chi connectivity index (χ2n) is 9.85. The van der Waals surface area contributed by atoms with E-state index in [4.69, 9.17) is 9.66 Å². The van der Waals surface area contributed by atoms with Gasteiger partial charge in [-0.05, 0) is 48.1 Å². The number of carbonyl (C=O) groups is 1. The van der Waals surface area contributed by atoms with Crippen LogP contribution in [0.3, 0.4) is 0 Å². The fraction of sp³-hybridized carbons (Fsp3) is 0.281. The van der Waals surface area contributed by atoms with Gasteiger partial charge in [0.25, 0.3) is 10.1 Å². The van der Waals surface area contributed by atoms with Crippen molar-refractivity contribution in [3.05, 3.63) is 114 Å². The van der Waals surface area contributed by atoms with Gasteiger partial charge in [-0.1, -0.05) is 105 Å². The molecule has 0 heterocycles. The zero-order valence-corrected chi connectivity index (χ0v) is 24.3. The summed E-state index contributed by atoms with van der Waals surface area (Å²) in [5.74, 6) is -0.611. The fourth-order valence-electron chi connectivity index (χ4n) is 4.22. The van der Waals surface area contributed by atoms with Gasteiger partial charge in [0.15, 0.2) is 0 Å². The van der Waals surface area contributed by atoms with Crippen LogP contribution in [0.2, 0.25) is 0 Å². The van der Waals surface area contributed by atoms with Crippen LogP contribution in [-0.2, 0) is 26.9 Å². The van der Waals surface area contributed by atoms with E-state index in [1.807, 2.05) is 80.8 Å². The van der Waals surface area contributed by atoms with Crippen molar-refractivity contribution in [1.82, 2.24) is 4.90 Å². The number of aliphatic hydroxyl groups is 1. The number of benzene rings is 4. The van der Waals surface area contributed by atoms with Crippen LogP contribution in [0.25, 0.3) is 10.8 Å². The monoisotopic (exact) mass is 565 g/mol. The topological polar surface area (TPSA) is 115 Å². The number of hydrogen-bond donors (Lipinski definition) is 3. The molecule has 7 nitrogen and oxygen atoms in total. The van der Waals surface area contributed by atoms with E-state index in [1.165, 1.54) is 12.1 Å². The van der Waals surface area contributed by atoms with Crippen LogP contribution in [-0.4, -0.2) is 54.7 Å². The van der Waals surface area contributed by atoms with E-state index >= 15 is 0 Å². The predicted octanol–water partition coefficient (Wildman–Crippen LogP) is 5.88. The Hall–Kier alpha value is -3.56. The Balaban J connectivity index is 0.000000253. The summed E-state index contributed by atoms with van der Waals surface area (Å²) >= 11 is 0. The summed E-state index contributed by atoms with van der Waals surface area (Å²) in [6, 6.07) is 32.1. The molecule has 214 valence electrons. The summed E-state index contributed by atoms with van der Waals surface area (Å²) in [5, 5.41) is 20.9. The van der Waals surface area contributed by atoms with Gasteiger partial charge in [-0.3, -0.25) is 9.35 Å². The predicted molar refractivity (Wildman–Crippen MR) is 160 cm³/mol. The van der Waals surface area contributed by atoms with E-state index in [-0.39, 0.29) is 17.2 Å². The van der Waals surface area contributed by atoms with E-state index < -0.39 is 21.7 Å². The van der Waals surface area contributed by atoms with Crippen LogP contribution >= 0.6 is 0 Å². The Morgan fingerprint density at radius 3 is 1.85 bits per heavy atom. The Morgan fingerprint density at radius 1 is 0.850 bits per heavy atom. The van der Waals surface area contributed by atoms with E-state index in [9.17, 15) is 18.3 Å². The number of rotatable bonds is 8. The maximum Gasteiger partial charge on any atom is 0.303 e. The highest BCUT2D eigenvalue weighted by Gasteiger charge is 2.35. The van der Waals surface area contributed by atoms with Crippen molar-refractivity contribution in [2.24, 2.45) is 5.92 Å². The first-order chi connectivity index (χ1) is 18.9. The number of hydrogen-bond acceptors (Lipinski definition) is 5. The van der Waals surface area contributed by atoms with Crippen LogP contribution in [0.5, 0.6) is 0 Å². The largest absolute Gasteiger partial charge is 0.481 e. The highest BCUT2D eigenvalue weighted by molar-refractivity contribution is 7.85. The number of nitrogens with zero attached hydrogens (tertiary/aromatic N) is 1. The molecule has 0 aromatic heterocycles. The maximum atomic E-state index is 11.4. The minimum atomic E-state index is -4.09. The lowest BCUT2D eigenvalue weighted by molar-refractivity contribution is -0.136. The normalized spacial score (nSPS) is 13.3. The highest BCUT2D eigenvalue weighted by atomic mass is 32.2. The standard InChI is InChI=1S/C19H25NO.C10H8O3S.C3H6O2/c1-16(15-20(2)3)19(21,18-12-8-5-9-13-18)14-17-10-6-4-7-11-17;11-14(12,13)10-6-5-8-3-1-2-4-9(8)7-10;1-2-3(4)5/h4-13,16,21H,14-15H2,1-3H3;1-7H,(H,11,12,13);2H2,1H3,(H,4,5). The average Bonchev–Trinajstić information content (AvgIpc) is 2.93. The van der Waals surface area contributed by atoms with E-state index in [0.717, 1.165) is 28.4 Å². The molecule has 0 aliphatic carbocycles. The molecule has 0 saturated heterocycles. The lowest BCUT2D eigenvalue weighted by Gasteiger charge is -2.36. The second kappa shape index (κ2) is 15.3. The van der Waals surface area contributed by atoms with Gasteiger partial charge in [0, 0.05) is 25.3 Å². The van der Waals surface area contributed by atoms with Gasteiger partial charge in [0.05, 0.1) is 10.5 Å². The third-order valence-corrected chi connectivity index (χ3v) is 7.22. The molecule has 4 aromatic rings. The molecule has 0 amide bonds. The quantitative estimate of drug-likeness (QED) is 0.229. The molecular weight excluding hydrogens is 526 g/mol. The zero-order chi connectivity index (χ0) is 29.8. The van der Waals surface area contributed by atoms with Crippen molar-refractivity contribution in [1.29, 1.82) is 0 Å². The molecule has 8 heteroatoms. The third kappa shape index (κ3) is 10.2. The molecule has 0 saturated carbocycles. The van der Waals surface area contributed by atoms with Crippen molar-refractivity contribution >= 4 is 26.9 Å². The van der Waals surface area contributed by atoms with Crippen LogP contribution in [0, 0.1) is 5.92 Å². The first kappa shape index (κ1) is 32.7. The molecule has 0 radical (unpaired) electrons. The summed E-state index contributed by atoms with van der Waals surface area (Å²) in [6.07, 6.45) is 0.854. The Kier molecular flexibility index (Phi) is 12.5. The molecule has 3 N–H and O–H groups in total. The summed E-state index contributed by atoms with van der Waals surface area (Å²) < 4.78 is 30.5. The van der Waals surface area contributed by atoms with Crippen LogP contribution in [0.1, 0.15) is 31.4 Å². The van der Waals surface area contributed by atoms with Gasteiger partial charge < -0.3 is 15.1 Å². The summed E-state index contributed by atoms with van der Waals surface area (Å²) in [6.45, 7) is 4.57. The lowest BCUT2D eigenvalue weighted by Crippen LogP contribution is -2.41. The van der Waals surface area contributed by atoms with Gasteiger partial charge in [-0.15, -0.1) is 0 Å². The highest BCUT2D eigenvalue weighted by Crippen LogP contribution is 2.33. The molecule has 4 rings (SSSR count). The molecule has 4 aromatic carbocycles. The van der Waals surface area contributed by atoms with Crippen LogP contribution in [0.4, 0.5) is 0 Å². The lowest BCUT2D eigenvalue weighted by atomic mass is 9.77. The number of aliphatic carboxylic acids is 1. The molecular formula is C32H39NO6S. The van der Waals surface area contributed by atoms with Gasteiger partial charge in [0.1, 0.15) is 0 Å². The molecule has 0 fully saturated rings. The number of carboxylic acids is 1. The fourth-order valence-corrected chi connectivity index (χ4v) is 4.74. The minimum Gasteiger partial charge on any atom is -0.481 e. The Morgan fingerprint density at radius 2 is 1.35 bits per heavy atom. The molecule has 0 spiro atoms. The third-order valence-electron chi connectivity index (χ3n) is 6.37. The molecule has 2 unspecified atom stereocenters. The molecule has 0 aliphatic rings. The SMILES string of the molecule is CC(CN(C)C)C(O)(Cc1ccccc1)c1ccccc1.CCC(=O)O.O=S(=O)(O)c1ccc2ccccc2c1. The van der Waals surface area contributed by atoms with Gasteiger partial charge in [-0.2, -0.15) is 8.42 Å². The molecule has 0 bridgehead atoms. The van der Waals surface area contributed by atoms with Crippen molar-refractivity contribution < 1.29 is 28.0 Å². The summed E-state index contributed by atoms with van der Waals surface area (Å²) in [4.78, 5) is 11.4. The maximum absolute atomic E-state index is 11.4. The van der Waals surface area contributed by atoms with Crippen molar-refractivity contribution in [3.63, 3.8) is 0 Å².